The second-order valence-electron chi connectivity index (χ2n) is 6.01. The zero-order chi connectivity index (χ0) is 18.2. The van der Waals surface area contributed by atoms with Crippen molar-refractivity contribution < 1.29 is 4.79 Å². The minimum Gasteiger partial charge on any atom is -0.382 e. The minimum absolute atomic E-state index is 0.0266. The first-order valence-electron chi connectivity index (χ1n) is 7.99. The number of nitriles is 1. The average Bonchev–Trinajstić information content (AvgIpc) is 2.60. The highest BCUT2D eigenvalue weighted by atomic mass is 32.2. The van der Waals surface area contributed by atoms with Crippen molar-refractivity contribution in [1.29, 1.82) is 5.26 Å². The molecule has 1 amide bonds. The summed E-state index contributed by atoms with van der Waals surface area (Å²) in [5.41, 5.74) is 6.98. The molecule has 2 rings (SSSR count). The van der Waals surface area contributed by atoms with Gasteiger partial charge in [-0.25, -0.2) is 9.97 Å². The minimum atomic E-state index is -0.0916. The number of benzene rings is 1. The Labute approximate surface area is 151 Å². The molecule has 0 aliphatic heterocycles. The van der Waals surface area contributed by atoms with E-state index in [4.69, 9.17) is 11.0 Å². The Hall–Kier alpha value is -2.59. The van der Waals surface area contributed by atoms with Gasteiger partial charge in [0.1, 0.15) is 17.5 Å². The first kappa shape index (κ1) is 18.7. The van der Waals surface area contributed by atoms with Gasteiger partial charge in [-0.2, -0.15) is 5.26 Å². The SMILES string of the molecule is CC(C)C[C@H](NC(=O)CSc1ncc(C#N)c(N)n1)c1ccccc1. The van der Waals surface area contributed by atoms with Crippen LogP contribution in [-0.4, -0.2) is 21.6 Å². The van der Waals surface area contributed by atoms with Gasteiger partial charge in [0.15, 0.2) is 5.16 Å². The lowest BCUT2D eigenvalue weighted by Crippen LogP contribution is -2.30. The number of rotatable bonds is 7. The third-order valence-corrected chi connectivity index (χ3v) is 4.35. The lowest BCUT2D eigenvalue weighted by Gasteiger charge is -2.21. The van der Waals surface area contributed by atoms with Gasteiger partial charge < -0.3 is 11.1 Å². The number of nitrogens with one attached hydrogen (secondary N) is 1. The summed E-state index contributed by atoms with van der Waals surface area (Å²) in [6.07, 6.45) is 2.23. The summed E-state index contributed by atoms with van der Waals surface area (Å²) in [5.74, 6) is 0.681. The summed E-state index contributed by atoms with van der Waals surface area (Å²) in [6.45, 7) is 4.26. The van der Waals surface area contributed by atoms with Crippen LogP contribution in [0, 0.1) is 17.2 Å². The van der Waals surface area contributed by atoms with Crippen LogP contribution >= 0.6 is 11.8 Å². The van der Waals surface area contributed by atoms with E-state index < -0.39 is 0 Å². The Balaban J connectivity index is 1.97. The molecule has 7 heteroatoms. The van der Waals surface area contributed by atoms with Gasteiger partial charge >= 0.3 is 0 Å². The second-order valence-corrected chi connectivity index (χ2v) is 6.95. The smallest absolute Gasteiger partial charge is 0.230 e. The van der Waals surface area contributed by atoms with Crippen molar-refractivity contribution in [3.63, 3.8) is 0 Å². The van der Waals surface area contributed by atoms with Gasteiger partial charge in [0.05, 0.1) is 18.0 Å². The molecule has 1 aromatic carbocycles. The third-order valence-electron chi connectivity index (χ3n) is 3.49. The molecule has 2 aromatic rings. The van der Waals surface area contributed by atoms with Crippen LogP contribution in [0.3, 0.4) is 0 Å². The molecule has 1 atom stereocenters. The van der Waals surface area contributed by atoms with Crippen LogP contribution in [0.1, 0.15) is 37.4 Å². The summed E-state index contributed by atoms with van der Waals surface area (Å²) in [6, 6.07) is 11.8. The van der Waals surface area contributed by atoms with Crippen molar-refractivity contribution >= 4 is 23.5 Å². The molecule has 25 heavy (non-hydrogen) atoms. The fourth-order valence-electron chi connectivity index (χ4n) is 2.33. The fraction of sp³-hybridized carbons (Fsp3) is 0.333. The van der Waals surface area contributed by atoms with E-state index in [1.54, 1.807) is 0 Å². The van der Waals surface area contributed by atoms with E-state index in [2.05, 4.69) is 29.1 Å². The summed E-state index contributed by atoms with van der Waals surface area (Å²) in [4.78, 5) is 20.4. The number of thioether (sulfide) groups is 1. The highest BCUT2D eigenvalue weighted by Crippen LogP contribution is 2.22. The van der Waals surface area contributed by atoms with Crippen molar-refractivity contribution in [2.75, 3.05) is 11.5 Å². The lowest BCUT2D eigenvalue weighted by atomic mass is 9.97. The van der Waals surface area contributed by atoms with E-state index in [1.165, 1.54) is 18.0 Å². The zero-order valence-electron chi connectivity index (χ0n) is 14.3. The molecule has 0 aliphatic rings. The maximum Gasteiger partial charge on any atom is 0.230 e. The number of carbonyl (C=O) groups excluding carboxylic acids is 1. The van der Waals surface area contributed by atoms with E-state index in [-0.39, 0.29) is 29.1 Å². The fourth-order valence-corrected chi connectivity index (χ4v) is 2.97. The molecule has 0 radical (unpaired) electrons. The third kappa shape index (κ3) is 5.76. The molecular weight excluding hydrogens is 334 g/mol. The molecule has 0 saturated carbocycles. The molecule has 0 unspecified atom stereocenters. The summed E-state index contributed by atoms with van der Waals surface area (Å²) in [7, 11) is 0. The maximum atomic E-state index is 12.3. The molecule has 3 N–H and O–H groups in total. The topological polar surface area (TPSA) is 105 Å². The van der Waals surface area contributed by atoms with Crippen LogP contribution in [0.25, 0.3) is 0 Å². The predicted octanol–water partition coefficient (Wildman–Crippen LogP) is 2.93. The van der Waals surface area contributed by atoms with Gasteiger partial charge in [0, 0.05) is 0 Å². The van der Waals surface area contributed by atoms with Gasteiger partial charge in [-0.05, 0) is 17.9 Å². The van der Waals surface area contributed by atoms with Crippen molar-refractivity contribution in [2.24, 2.45) is 5.92 Å². The summed E-state index contributed by atoms with van der Waals surface area (Å²) in [5, 5.41) is 12.3. The Morgan fingerprint density at radius 3 is 2.68 bits per heavy atom. The number of aromatic nitrogens is 2. The van der Waals surface area contributed by atoms with Crippen LogP contribution in [-0.2, 0) is 4.79 Å². The van der Waals surface area contributed by atoms with Crippen LogP contribution in [0.2, 0.25) is 0 Å². The zero-order valence-corrected chi connectivity index (χ0v) is 15.1. The lowest BCUT2D eigenvalue weighted by molar-refractivity contribution is -0.119. The molecule has 0 fully saturated rings. The van der Waals surface area contributed by atoms with Gasteiger partial charge in [0.2, 0.25) is 5.91 Å². The monoisotopic (exact) mass is 355 g/mol. The Morgan fingerprint density at radius 1 is 1.36 bits per heavy atom. The van der Waals surface area contributed by atoms with E-state index in [1.807, 2.05) is 36.4 Å². The highest BCUT2D eigenvalue weighted by Gasteiger charge is 2.16. The van der Waals surface area contributed by atoms with Gasteiger partial charge in [-0.3, -0.25) is 4.79 Å². The van der Waals surface area contributed by atoms with Crippen molar-refractivity contribution in [1.82, 2.24) is 15.3 Å². The first-order chi connectivity index (χ1) is 12.0. The predicted molar refractivity (Wildman–Crippen MR) is 98.7 cm³/mol. The normalized spacial score (nSPS) is 11.8. The molecule has 1 heterocycles. The number of anilines is 1. The number of amides is 1. The Bertz CT molecular complexity index is 758. The average molecular weight is 355 g/mol. The maximum absolute atomic E-state index is 12.3. The largest absolute Gasteiger partial charge is 0.382 e. The number of carbonyl (C=O) groups is 1. The van der Waals surface area contributed by atoms with Crippen molar-refractivity contribution in [2.45, 2.75) is 31.5 Å². The molecule has 6 nitrogen and oxygen atoms in total. The van der Waals surface area contributed by atoms with E-state index in [0.29, 0.717) is 11.1 Å². The molecule has 0 bridgehead atoms. The van der Waals surface area contributed by atoms with Crippen molar-refractivity contribution in [3.05, 3.63) is 47.7 Å². The van der Waals surface area contributed by atoms with E-state index in [0.717, 1.165) is 12.0 Å². The van der Waals surface area contributed by atoms with E-state index >= 15 is 0 Å². The van der Waals surface area contributed by atoms with Crippen LogP contribution < -0.4 is 11.1 Å². The standard InChI is InChI=1S/C18H21N5OS/c1-12(2)8-15(13-6-4-3-5-7-13)22-16(24)11-25-18-21-10-14(9-19)17(20)23-18/h3-7,10,12,15H,8,11H2,1-2H3,(H,22,24)(H2,20,21,23)/t15-/m0/s1. The Morgan fingerprint density at radius 2 is 2.08 bits per heavy atom. The second kappa shape index (κ2) is 9.04. The number of hydrogen-bond acceptors (Lipinski definition) is 6. The van der Waals surface area contributed by atoms with E-state index in [9.17, 15) is 4.79 Å². The molecule has 130 valence electrons. The van der Waals surface area contributed by atoms with Crippen LogP contribution in [0.4, 0.5) is 5.82 Å². The Kier molecular flexibility index (Phi) is 6.78. The molecule has 0 aliphatic carbocycles. The summed E-state index contributed by atoms with van der Waals surface area (Å²) < 4.78 is 0. The van der Waals surface area contributed by atoms with Crippen LogP contribution in [0.5, 0.6) is 0 Å². The number of nitrogens with two attached hydrogens (primary N) is 1. The molecule has 1 aromatic heterocycles. The molecule has 0 spiro atoms. The quantitative estimate of drug-likeness (QED) is 0.584. The van der Waals surface area contributed by atoms with Crippen LogP contribution in [0.15, 0.2) is 41.7 Å². The van der Waals surface area contributed by atoms with Gasteiger partial charge in [-0.15, -0.1) is 0 Å². The molecular formula is C18H21N5OS. The number of nitrogens with zero attached hydrogens (tertiary/aromatic N) is 3. The molecule has 0 saturated heterocycles. The van der Waals surface area contributed by atoms with Crippen molar-refractivity contribution in [3.8, 4) is 6.07 Å². The number of hydrogen-bond donors (Lipinski definition) is 2. The van der Waals surface area contributed by atoms with Gasteiger partial charge in [0.25, 0.3) is 0 Å². The highest BCUT2D eigenvalue weighted by molar-refractivity contribution is 7.99. The first-order valence-corrected chi connectivity index (χ1v) is 8.98. The summed E-state index contributed by atoms with van der Waals surface area (Å²) >= 11 is 1.19. The van der Waals surface area contributed by atoms with Gasteiger partial charge in [-0.1, -0.05) is 55.9 Å². The number of nitrogen functional groups attached to an aromatic ring is 1.